The van der Waals surface area contributed by atoms with Crippen LogP contribution in [0.4, 0.5) is 5.82 Å². The fraction of sp³-hybridized carbons (Fsp3) is 0.636. The number of rotatable bonds is 6. The van der Waals surface area contributed by atoms with Crippen molar-refractivity contribution in [1.82, 2.24) is 9.97 Å². The van der Waals surface area contributed by atoms with Crippen molar-refractivity contribution in [1.29, 1.82) is 0 Å². The molecule has 0 bridgehead atoms. The normalized spacial score (nSPS) is 10.3. The van der Waals surface area contributed by atoms with Crippen LogP contribution in [0.1, 0.15) is 38.8 Å². The van der Waals surface area contributed by atoms with E-state index in [-0.39, 0.29) is 0 Å². The van der Waals surface area contributed by atoms with Gasteiger partial charge in [0.2, 0.25) is 5.28 Å². The monoisotopic (exact) mass is 227 g/mol. The highest BCUT2D eigenvalue weighted by Gasteiger charge is 2.00. The van der Waals surface area contributed by atoms with Crippen LogP contribution in [-0.4, -0.2) is 16.5 Å². The van der Waals surface area contributed by atoms with Gasteiger partial charge in [0.15, 0.2) is 0 Å². The summed E-state index contributed by atoms with van der Waals surface area (Å²) in [6.07, 6.45) is 4.52. The van der Waals surface area contributed by atoms with Crippen LogP contribution in [0, 0.1) is 0 Å². The van der Waals surface area contributed by atoms with Gasteiger partial charge in [0.05, 0.1) is 0 Å². The molecule has 0 aromatic carbocycles. The molecule has 0 atom stereocenters. The summed E-state index contributed by atoms with van der Waals surface area (Å²) in [5.74, 6) is 0.836. The molecule has 3 nitrogen and oxygen atoms in total. The number of anilines is 1. The van der Waals surface area contributed by atoms with E-state index in [0.717, 1.165) is 24.5 Å². The molecular weight excluding hydrogens is 210 g/mol. The Morgan fingerprint density at radius 2 is 2.07 bits per heavy atom. The van der Waals surface area contributed by atoms with Gasteiger partial charge in [-0.1, -0.05) is 26.7 Å². The lowest BCUT2D eigenvalue weighted by Crippen LogP contribution is -2.05. The summed E-state index contributed by atoms with van der Waals surface area (Å²) in [6.45, 7) is 5.20. The zero-order valence-electron chi connectivity index (χ0n) is 9.39. The summed E-state index contributed by atoms with van der Waals surface area (Å²) >= 11 is 5.81. The van der Waals surface area contributed by atoms with Gasteiger partial charge in [0, 0.05) is 18.3 Å². The van der Waals surface area contributed by atoms with Gasteiger partial charge >= 0.3 is 0 Å². The van der Waals surface area contributed by atoms with Gasteiger partial charge in [-0.2, -0.15) is 0 Å². The molecule has 0 fully saturated rings. The summed E-state index contributed by atoms with van der Waals surface area (Å²) < 4.78 is 0. The molecule has 1 aromatic rings. The minimum atomic E-state index is 0.326. The van der Waals surface area contributed by atoms with Gasteiger partial charge in [-0.15, -0.1) is 0 Å². The average molecular weight is 228 g/mol. The fourth-order valence-corrected chi connectivity index (χ4v) is 1.53. The first-order chi connectivity index (χ1) is 7.26. The molecule has 1 N–H and O–H groups in total. The molecule has 0 aliphatic carbocycles. The van der Waals surface area contributed by atoms with E-state index in [1.165, 1.54) is 19.3 Å². The predicted molar refractivity (Wildman–Crippen MR) is 64.4 cm³/mol. The van der Waals surface area contributed by atoms with E-state index in [1.54, 1.807) is 0 Å². The molecule has 0 saturated heterocycles. The minimum absolute atomic E-state index is 0.326. The predicted octanol–water partition coefficient (Wildman–Crippen LogP) is 3.29. The first-order valence-corrected chi connectivity index (χ1v) is 5.91. The number of hydrogen-bond donors (Lipinski definition) is 1. The zero-order valence-corrected chi connectivity index (χ0v) is 10.1. The molecule has 0 radical (unpaired) electrons. The van der Waals surface area contributed by atoms with E-state index < -0.39 is 0 Å². The second-order valence-electron chi connectivity index (χ2n) is 3.50. The van der Waals surface area contributed by atoms with Crippen molar-refractivity contribution in [3.05, 3.63) is 17.0 Å². The highest BCUT2D eigenvalue weighted by molar-refractivity contribution is 6.28. The number of hydrogen-bond acceptors (Lipinski definition) is 3. The molecule has 1 aromatic heterocycles. The molecular formula is C11H18ClN3. The molecule has 0 spiro atoms. The maximum atomic E-state index is 5.81. The van der Waals surface area contributed by atoms with E-state index in [4.69, 9.17) is 11.6 Å². The van der Waals surface area contributed by atoms with Crippen LogP contribution in [-0.2, 0) is 6.42 Å². The molecule has 1 heterocycles. The van der Waals surface area contributed by atoms with Crippen molar-refractivity contribution in [2.75, 3.05) is 11.9 Å². The number of nitrogens with one attached hydrogen (secondary N) is 1. The quantitative estimate of drug-likeness (QED) is 0.599. The zero-order chi connectivity index (χ0) is 11.1. The molecule has 0 aliphatic heterocycles. The molecule has 15 heavy (non-hydrogen) atoms. The van der Waals surface area contributed by atoms with Crippen molar-refractivity contribution in [3.63, 3.8) is 0 Å². The summed E-state index contributed by atoms with van der Waals surface area (Å²) in [4.78, 5) is 8.23. The number of unbranched alkanes of at least 4 members (excludes halogenated alkanes) is 2. The molecule has 0 aliphatic rings. The van der Waals surface area contributed by atoms with Crippen LogP contribution >= 0.6 is 11.6 Å². The summed E-state index contributed by atoms with van der Waals surface area (Å²) in [6, 6.07) is 1.96. The van der Waals surface area contributed by atoms with Gasteiger partial charge in [-0.05, 0) is 24.4 Å². The van der Waals surface area contributed by atoms with Gasteiger partial charge in [-0.3, -0.25) is 0 Å². The van der Waals surface area contributed by atoms with E-state index >= 15 is 0 Å². The number of aryl methyl sites for hydroxylation is 1. The first-order valence-electron chi connectivity index (χ1n) is 5.53. The van der Waals surface area contributed by atoms with Crippen molar-refractivity contribution in [3.8, 4) is 0 Å². The van der Waals surface area contributed by atoms with E-state index in [1.807, 2.05) is 6.07 Å². The molecule has 0 unspecified atom stereocenters. The van der Waals surface area contributed by atoms with Gasteiger partial charge in [0.25, 0.3) is 0 Å². The minimum Gasteiger partial charge on any atom is -0.370 e. The third-order valence-corrected chi connectivity index (χ3v) is 2.37. The van der Waals surface area contributed by atoms with E-state index in [0.29, 0.717) is 5.28 Å². The number of nitrogens with zero attached hydrogens (tertiary/aromatic N) is 2. The van der Waals surface area contributed by atoms with Crippen LogP contribution in [0.3, 0.4) is 0 Å². The summed E-state index contributed by atoms with van der Waals surface area (Å²) in [5.41, 5.74) is 0.980. The Morgan fingerprint density at radius 1 is 1.27 bits per heavy atom. The lowest BCUT2D eigenvalue weighted by Gasteiger charge is -2.06. The highest BCUT2D eigenvalue weighted by atomic mass is 35.5. The maximum Gasteiger partial charge on any atom is 0.224 e. The smallest absolute Gasteiger partial charge is 0.224 e. The maximum absolute atomic E-state index is 5.81. The summed E-state index contributed by atoms with van der Waals surface area (Å²) in [5, 5.41) is 3.59. The SMILES string of the molecule is CCCCCNc1cc(CC)nc(Cl)n1. The third kappa shape index (κ3) is 4.47. The standard InChI is InChI=1S/C11H18ClN3/c1-3-5-6-7-13-10-8-9(4-2)14-11(12)15-10/h8H,3-7H2,1-2H3,(H,13,14,15). The van der Waals surface area contributed by atoms with E-state index in [9.17, 15) is 0 Å². The average Bonchev–Trinajstić information content (AvgIpc) is 2.23. The van der Waals surface area contributed by atoms with Gasteiger partial charge < -0.3 is 5.32 Å². The van der Waals surface area contributed by atoms with Crippen molar-refractivity contribution in [2.24, 2.45) is 0 Å². The molecule has 0 saturated carbocycles. The Kier molecular flexibility index (Phi) is 5.40. The van der Waals surface area contributed by atoms with E-state index in [2.05, 4.69) is 29.1 Å². The molecule has 0 amide bonds. The van der Waals surface area contributed by atoms with Gasteiger partial charge in [0.1, 0.15) is 5.82 Å². The van der Waals surface area contributed by atoms with Crippen molar-refractivity contribution < 1.29 is 0 Å². The second kappa shape index (κ2) is 6.62. The van der Waals surface area contributed by atoms with Gasteiger partial charge in [-0.25, -0.2) is 9.97 Å². The molecule has 1 rings (SSSR count). The Morgan fingerprint density at radius 3 is 2.73 bits per heavy atom. The Hall–Kier alpha value is -0.830. The van der Waals surface area contributed by atoms with Crippen LogP contribution in [0.5, 0.6) is 0 Å². The molecule has 4 heteroatoms. The first kappa shape index (κ1) is 12.2. The Labute approximate surface area is 96.3 Å². The third-order valence-electron chi connectivity index (χ3n) is 2.20. The Bertz CT molecular complexity index is 302. The lowest BCUT2D eigenvalue weighted by atomic mass is 10.2. The highest BCUT2D eigenvalue weighted by Crippen LogP contribution is 2.11. The lowest BCUT2D eigenvalue weighted by molar-refractivity contribution is 0.742. The second-order valence-corrected chi connectivity index (χ2v) is 3.84. The topological polar surface area (TPSA) is 37.8 Å². The fourth-order valence-electron chi connectivity index (χ4n) is 1.33. The number of aromatic nitrogens is 2. The van der Waals surface area contributed by atoms with Crippen LogP contribution in [0.15, 0.2) is 6.07 Å². The van der Waals surface area contributed by atoms with Crippen LogP contribution < -0.4 is 5.32 Å². The Balaban J connectivity index is 2.49. The van der Waals surface area contributed by atoms with Crippen molar-refractivity contribution >= 4 is 17.4 Å². The number of halogens is 1. The largest absolute Gasteiger partial charge is 0.370 e. The van der Waals surface area contributed by atoms with Crippen LogP contribution in [0.25, 0.3) is 0 Å². The van der Waals surface area contributed by atoms with Crippen LogP contribution in [0.2, 0.25) is 5.28 Å². The molecule has 84 valence electrons. The summed E-state index contributed by atoms with van der Waals surface area (Å²) in [7, 11) is 0. The van der Waals surface area contributed by atoms with Crippen molar-refractivity contribution in [2.45, 2.75) is 39.5 Å².